The normalized spacial score (nSPS) is 17.7. The van der Waals surface area contributed by atoms with Crippen LogP contribution in [0, 0.1) is 0 Å². The van der Waals surface area contributed by atoms with Crippen LogP contribution in [0.5, 0.6) is 5.75 Å². The Labute approximate surface area is 146 Å². The van der Waals surface area contributed by atoms with Crippen molar-refractivity contribution in [2.24, 2.45) is 0 Å². The van der Waals surface area contributed by atoms with Crippen LogP contribution >= 0.6 is 0 Å². The third kappa shape index (κ3) is 3.53. The first-order valence-corrected chi connectivity index (χ1v) is 8.41. The molecule has 3 aromatic rings. The van der Waals surface area contributed by atoms with Crippen molar-refractivity contribution >= 4 is 0 Å². The average Bonchev–Trinajstić information content (AvgIpc) is 3.32. The lowest BCUT2D eigenvalue weighted by molar-refractivity contribution is 0.309. The second-order valence-corrected chi connectivity index (χ2v) is 6.26. The summed E-state index contributed by atoms with van der Waals surface area (Å²) in [6.45, 7) is 2.89. The molecule has 6 nitrogen and oxygen atoms in total. The van der Waals surface area contributed by atoms with Crippen LogP contribution in [0.25, 0.3) is 11.4 Å². The molecule has 6 heteroatoms. The molecule has 2 aromatic heterocycles. The molecule has 1 atom stereocenters. The van der Waals surface area contributed by atoms with Gasteiger partial charge in [0.25, 0.3) is 0 Å². The summed E-state index contributed by atoms with van der Waals surface area (Å²) in [6.07, 6.45) is 4.70. The number of pyridine rings is 1. The molecule has 1 fully saturated rings. The van der Waals surface area contributed by atoms with E-state index in [9.17, 15) is 0 Å². The van der Waals surface area contributed by atoms with E-state index in [0.717, 1.165) is 43.3 Å². The van der Waals surface area contributed by atoms with Crippen LogP contribution in [0.3, 0.4) is 0 Å². The van der Waals surface area contributed by atoms with Crippen molar-refractivity contribution in [3.05, 3.63) is 60.2 Å². The monoisotopic (exact) mass is 336 g/mol. The molecule has 0 bridgehead atoms. The fourth-order valence-corrected chi connectivity index (χ4v) is 3.20. The second-order valence-electron chi connectivity index (χ2n) is 6.26. The summed E-state index contributed by atoms with van der Waals surface area (Å²) in [5.74, 6) is 2.40. The van der Waals surface area contributed by atoms with Crippen LogP contribution in [0.15, 0.2) is 53.3 Å². The maximum absolute atomic E-state index is 5.54. The van der Waals surface area contributed by atoms with Crippen LogP contribution in [0.4, 0.5) is 0 Å². The summed E-state index contributed by atoms with van der Waals surface area (Å²) in [5, 5.41) is 4.15. The van der Waals surface area contributed by atoms with Crippen molar-refractivity contribution in [3.63, 3.8) is 0 Å². The molecule has 0 radical (unpaired) electrons. The number of likely N-dealkylation sites (tertiary alicyclic amines) is 1. The average molecular weight is 336 g/mol. The van der Waals surface area contributed by atoms with E-state index in [0.29, 0.717) is 5.82 Å². The highest BCUT2D eigenvalue weighted by atomic mass is 16.5. The second kappa shape index (κ2) is 7.03. The van der Waals surface area contributed by atoms with Gasteiger partial charge in [-0.15, -0.1) is 0 Å². The zero-order chi connectivity index (χ0) is 17.1. The van der Waals surface area contributed by atoms with Crippen molar-refractivity contribution in [1.29, 1.82) is 0 Å². The minimum Gasteiger partial charge on any atom is -0.497 e. The number of ether oxygens (including phenoxy) is 1. The molecule has 1 unspecified atom stereocenters. The first-order chi connectivity index (χ1) is 12.3. The van der Waals surface area contributed by atoms with Gasteiger partial charge in [0.15, 0.2) is 0 Å². The van der Waals surface area contributed by atoms with E-state index in [2.05, 4.69) is 32.2 Å². The molecule has 1 aliphatic rings. The molecule has 1 saturated heterocycles. The topological polar surface area (TPSA) is 64.3 Å². The SMILES string of the molecule is COc1cccc(-c2noc(C3CCN(Cc4ccncc4)C3)n2)c1. The summed E-state index contributed by atoms with van der Waals surface area (Å²) in [6, 6.07) is 11.8. The predicted molar refractivity (Wildman–Crippen MR) is 93.2 cm³/mol. The zero-order valence-corrected chi connectivity index (χ0v) is 14.1. The molecular formula is C19H20N4O2. The Kier molecular flexibility index (Phi) is 4.43. The van der Waals surface area contributed by atoms with Gasteiger partial charge in [-0.2, -0.15) is 4.98 Å². The Morgan fingerprint density at radius 2 is 2.12 bits per heavy atom. The Balaban J connectivity index is 1.44. The molecule has 3 heterocycles. The van der Waals surface area contributed by atoms with E-state index in [4.69, 9.17) is 9.26 Å². The zero-order valence-electron chi connectivity index (χ0n) is 14.1. The first-order valence-electron chi connectivity index (χ1n) is 8.41. The lowest BCUT2D eigenvalue weighted by Crippen LogP contribution is -2.19. The minimum atomic E-state index is 0.286. The number of rotatable bonds is 5. The van der Waals surface area contributed by atoms with E-state index < -0.39 is 0 Å². The van der Waals surface area contributed by atoms with E-state index in [1.807, 2.05) is 36.7 Å². The molecule has 0 amide bonds. The highest BCUT2D eigenvalue weighted by molar-refractivity contribution is 5.56. The van der Waals surface area contributed by atoms with Crippen molar-refractivity contribution in [1.82, 2.24) is 20.0 Å². The number of hydrogen-bond acceptors (Lipinski definition) is 6. The molecule has 1 aliphatic heterocycles. The molecule has 0 spiro atoms. The fraction of sp³-hybridized carbons (Fsp3) is 0.316. The summed E-state index contributed by atoms with van der Waals surface area (Å²) >= 11 is 0. The van der Waals surface area contributed by atoms with Crippen LogP contribution in [0.1, 0.15) is 23.8 Å². The van der Waals surface area contributed by atoms with Crippen molar-refractivity contribution in [3.8, 4) is 17.1 Å². The molecule has 0 N–H and O–H groups in total. The quantitative estimate of drug-likeness (QED) is 0.713. The van der Waals surface area contributed by atoms with Crippen LogP contribution in [0.2, 0.25) is 0 Å². The Morgan fingerprint density at radius 3 is 2.96 bits per heavy atom. The molecular weight excluding hydrogens is 316 g/mol. The van der Waals surface area contributed by atoms with Crippen molar-refractivity contribution < 1.29 is 9.26 Å². The van der Waals surface area contributed by atoms with E-state index in [1.54, 1.807) is 7.11 Å². The van der Waals surface area contributed by atoms with Crippen LogP contribution in [-0.4, -0.2) is 40.2 Å². The first kappa shape index (κ1) is 15.8. The van der Waals surface area contributed by atoms with E-state index in [-0.39, 0.29) is 5.92 Å². The molecule has 0 aliphatic carbocycles. The highest BCUT2D eigenvalue weighted by Crippen LogP contribution is 2.29. The minimum absolute atomic E-state index is 0.286. The summed E-state index contributed by atoms with van der Waals surface area (Å²) in [7, 11) is 1.65. The van der Waals surface area contributed by atoms with Gasteiger partial charge in [0.1, 0.15) is 5.75 Å². The van der Waals surface area contributed by atoms with Gasteiger partial charge < -0.3 is 9.26 Å². The number of aromatic nitrogens is 3. The van der Waals surface area contributed by atoms with Gasteiger partial charge in [-0.1, -0.05) is 17.3 Å². The number of nitrogens with zero attached hydrogens (tertiary/aromatic N) is 4. The molecule has 0 saturated carbocycles. The fourth-order valence-electron chi connectivity index (χ4n) is 3.20. The largest absolute Gasteiger partial charge is 0.497 e. The maximum atomic E-state index is 5.54. The van der Waals surface area contributed by atoms with Gasteiger partial charge in [-0.25, -0.2) is 0 Å². The van der Waals surface area contributed by atoms with Crippen molar-refractivity contribution in [2.75, 3.05) is 20.2 Å². The Morgan fingerprint density at radius 1 is 1.24 bits per heavy atom. The third-order valence-electron chi connectivity index (χ3n) is 4.55. The van der Waals surface area contributed by atoms with Gasteiger partial charge in [0.2, 0.25) is 11.7 Å². The molecule has 128 valence electrons. The smallest absolute Gasteiger partial charge is 0.231 e. The molecule has 4 rings (SSSR count). The van der Waals surface area contributed by atoms with Gasteiger partial charge >= 0.3 is 0 Å². The van der Waals surface area contributed by atoms with E-state index in [1.165, 1.54) is 5.56 Å². The number of benzene rings is 1. The molecule has 1 aromatic carbocycles. The van der Waals surface area contributed by atoms with Gasteiger partial charge in [0.05, 0.1) is 13.0 Å². The standard InChI is InChI=1S/C19H20N4O2/c1-24-17-4-2-3-15(11-17)18-21-19(25-22-18)16-7-10-23(13-16)12-14-5-8-20-9-6-14/h2-6,8-9,11,16H,7,10,12-13H2,1H3. The predicted octanol–water partition coefficient (Wildman–Crippen LogP) is 3.13. The molecule has 25 heavy (non-hydrogen) atoms. The van der Waals surface area contributed by atoms with Crippen LogP contribution < -0.4 is 4.74 Å². The Hall–Kier alpha value is -2.73. The summed E-state index contributed by atoms with van der Waals surface area (Å²) in [5.41, 5.74) is 2.18. The summed E-state index contributed by atoms with van der Waals surface area (Å²) in [4.78, 5) is 11.1. The highest BCUT2D eigenvalue weighted by Gasteiger charge is 2.28. The third-order valence-corrected chi connectivity index (χ3v) is 4.55. The lowest BCUT2D eigenvalue weighted by atomic mass is 10.1. The lowest BCUT2D eigenvalue weighted by Gasteiger charge is -2.14. The number of hydrogen-bond donors (Lipinski definition) is 0. The summed E-state index contributed by atoms with van der Waals surface area (Å²) < 4.78 is 10.8. The number of methoxy groups -OCH3 is 1. The van der Waals surface area contributed by atoms with Gasteiger partial charge in [-0.05, 0) is 42.8 Å². The van der Waals surface area contributed by atoms with E-state index >= 15 is 0 Å². The van der Waals surface area contributed by atoms with Crippen molar-refractivity contribution in [2.45, 2.75) is 18.9 Å². The van der Waals surface area contributed by atoms with Gasteiger partial charge in [0, 0.05) is 31.0 Å². The van der Waals surface area contributed by atoms with Gasteiger partial charge in [-0.3, -0.25) is 9.88 Å². The van der Waals surface area contributed by atoms with Crippen LogP contribution in [-0.2, 0) is 6.54 Å². The Bertz CT molecular complexity index is 834. The maximum Gasteiger partial charge on any atom is 0.231 e.